The molecule has 1 aromatic rings. The molecule has 0 spiro atoms. The zero-order valence-electron chi connectivity index (χ0n) is 11.0. The summed E-state index contributed by atoms with van der Waals surface area (Å²) in [6, 6.07) is 8.26. The van der Waals surface area contributed by atoms with Crippen molar-refractivity contribution in [3.05, 3.63) is 29.8 Å². The third-order valence-electron chi connectivity index (χ3n) is 4.43. The highest BCUT2D eigenvalue weighted by Gasteiger charge is 2.44. The molecule has 2 heterocycles. The van der Waals surface area contributed by atoms with E-state index in [-0.39, 0.29) is 5.75 Å². The van der Waals surface area contributed by atoms with Gasteiger partial charge >= 0.3 is 0 Å². The van der Waals surface area contributed by atoms with E-state index in [0.717, 1.165) is 25.8 Å². The molecule has 1 saturated heterocycles. The molecule has 1 fully saturated rings. The minimum absolute atomic E-state index is 0.199. The molecule has 5 heteroatoms. The van der Waals surface area contributed by atoms with E-state index in [1.165, 1.54) is 11.3 Å². The Bertz CT molecular complexity index is 585. The van der Waals surface area contributed by atoms with Gasteiger partial charge in [0.25, 0.3) is 0 Å². The second-order valence-electron chi connectivity index (χ2n) is 5.65. The summed E-state index contributed by atoms with van der Waals surface area (Å²) in [7, 11) is -2.96. The fourth-order valence-electron chi connectivity index (χ4n) is 3.49. The van der Waals surface area contributed by atoms with Crippen molar-refractivity contribution in [2.45, 2.75) is 24.8 Å². The zero-order valence-corrected chi connectivity index (χ0v) is 11.8. The van der Waals surface area contributed by atoms with Gasteiger partial charge in [-0.05, 0) is 30.9 Å². The third kappa shape index (κ3) is 2.15. The van der Waals surface area contributed by atoms with Crippen molar-refractivity contribution in [1.29, 1.82) is 0 Å². The molecule has 19 heavy (non-hydrogen) atoms. The first kappa shape index (κ1) is 12.9. The summed E-state index contributed by atoms with van der Waals surface area (Å²) < 4.78 is 24.0. The maximum atomic E-state index is 12.0. The highest BCUT2D eigenvalue weighted by molar-refractivity contribution is 7.91. The molecule has 0 bridgehead atoms. The van der Waals surface area contributed by atoms with Crippen molar-refractivity contribution in [3.63, 3.8) is 0 Å². The van der Waals surface area contributed by atoms with Gasteiger partial charge in [-0.1, -0.05) is 18.2 Å². The molecular formula is C14H20N2O2S. The molecule has 0 aliphatic carbocycles. The van der Waals surface area contributed by atoms with E-state index in [1.807, 2.05) is 12.1 Å². The number of rotatable bonds is 2. The quantitative estimate of drug-likeness (QED) is 0.876. The molecule has 4 nitrogen and oxygen atoms in total. The van der Waals surface area contributed by atoms with E-state index in [0.29, 0.717) is 12.3 Å². The molecule has 3 rings (SSSR count). The molecule has 1 unspecified atom stereocenters. The maximum Gasteiger partial charge on any atom is 0.152 e. The highest BCUT2D eigenvalue weighted by Crippen LogP contribution is 2.38. The Hall–Kier alpha value is -1.07. The van der Waals surface area contributed by atoms with Crippen molar-refractivity contribution in [2.75, 3.05) is 29.5 Å². The van der Waals surface area contributed by atoms with Gasteiger partial charge in [0.2, 0.25) is 0 Å². The fourth-order valence-corrected chi connectivity index (χ4v) is 5.46. The lowest BCUT2D eigenvalue weighted by atomic mass is 9.93. The van der Waals surface area contributed by atoms with Crippen LogP contribution >= 0.6 is 0 Å². The van der Waals surface area contributed by atoms with Crippen LogP contribution in [0.2, 0.25) is 0 Å². The Labute approximate surface area is 114 Å². The second-order valence-corrected chi connectivity index (χ2v) is 7.84. The number of hydrogen-bond acceptors (Lipinski definition) is 4. The van der Waals surface area contributed by atoms with E-state index in [2.05, 4.69) is 17.0 Å². The van der Waals surface area contributed by atoms with Crippen molar-refractivity contribution in [3.8, 4) is 0 Å². The molecule has 2 N–H and O–H groups in total. The Morgan fingerprint density at radius 1 is 1.32 bits per heavy atom. The summed E-state index contributed by atoms with van der Waals surface area (Å²) in [5.41, 5.74) is 8.07. The number of fused-ring (bicyclic) bond motifs is 1. The predicted molar refractivity (Wildman–Crippen MR) is 77.2 cm³/mol. The fraction of sp³-hybridized carbons (Fsp3) is 0.571. The lowest BCUT2D eigenvalue weighted by Crippen LogP contribution is -2.60. The minimum Gasteiger partial charge on any atom is -0.363 e. The molecule has 0 amide bonds. The SMILES string of the molecule is NCC1(N2CCc3ccccc32)CCCS(=O)(=O)C1. The van der Waals surface area contributed by atoms with Crippen LogP contribution in [0.25, 0.3) is 0 Å². The van der Waals surface area contributed by atoms with E-state index in [9.17, 15) is 8.42 Å². The van der Waals surface area contributed by atoms with E-state index < -0.39 is 15.4 Å². The Balaban J connectivity index is 2.00. The molecule has 104 valence electrons. The Kier molecular flexibility index (Phi) is 3.06. The normalized spacial score (nSPS) is 29.2. The predicted octanol–water partition coefficient (Wildman–Crippen LogP) is 0.955. The monoisotopic (exact) mass is 280 g/mol. The highest BCUT2D eigenvalue weighted by atomic mass is 32.2. The standard InChI is InChI=1S/C14H20N2O2S/c15-10-14(7-3-9-19(17,18)11-14)16-8-6-12-4-1-2-5-13(12)16/h1-2,4-5H,3,6-11,15H2. The molecule has 1 atom stereocenters. The summed E-state index contributed by atoms with van der Waals surface area (Å²) in [6.07, 6.45) is 2.58. The number of sulfone groups is 1. The maximum absolute atomic E-state index is 12.0. The zero-order chi connectivity index (χ0) is 13.5. The average molecular weight is 280 g/mol. The van der Waals surface area contributed by atoms with Gasteiger partial charge in [-0.3, -0.25) is 0 Å². The number of hydrogen-bond donors (Lipinski definition) is 1. The van der Waals surface area contributed by atoms with Crippen molar-refractivity contribution < 1.29 is 8.42 Å². The van der Waals surface area contributed by atoms with E-state index in [1.54, 1.807) is 0 Å². The molecular weight excluding hydrogens is 260 g/mol. The van der Waals surface area contributed by atoms with Gasteiger partial charge in [0.15, 0.2) is 9.84 Å². The lowest BCUT2D eigenvalue weighted by Gasteiger charge is -2.45. The molecule has 1 aromatic carbocycles. The van der Waals surface area contributed by atoms with Crippen LogP contribution in [0, 0.1) is 0 Å². The van der Waals surface area contributed by atoms with Gasteiger partial charge in [0, 0.05) is 18.8 Å². The van der Waals surface area contributed by atoms with Gasteiger partial charge in [-0.15, -0.1) is 0 Å². The first-order valence-electron chi connectivity index (χ1n) is 6.82. The Morgan fingerprint density at radius 2 is 2.11 bits per heavy atom. The molecule has 0 saturated carbocycles. The summed E-state index contributed by atoms with van der Waals surface area (Å²) in [4.78, 5) is 2.25. The third-order valence-corrected chi connectivity index (χ3v) is 6.31. The summed E-state index contributed by atoms with van der Waals surface area (Å²) >= 11 is 0. The van der Waals surface area contributed by atoms with E-state index >= 15 is 0 Å². The topological polar surface area (TPSA) is 63.4 Å². The Morgan fingerprint density at radius 3 is 2.84 bits per heavy atom. The summed E-state index contributed by atoms with van der Waals surface area (Å²) in [6.45, 7) is 1.28. The van der Waals surface area contributed by atoms with Crippen LogP contribution in [0.15, 0.2) is 24.3 Å². The first-order valence-corrected chi connectivity index (χ1v) is 8.65. The van der Waals surface area contributed by atoms with Crippen LogP contribution in [0.4, 0.5) is 5.69 Å². The van der Waals surface area contributed by atoms with Gasteiger partial charge in [-0.25, -0.2) is 8.42 Å². The smallest absolute Gasteiger partial charge is 0.152 e. The lowest BCUT2D eigenvalue weighted by molar-refractivity contribution is 0.388. The largest absolute Gasteiger partial charge is 0.363 e. The second kappa shape index (κ2) is 4.49. The van der Waals surface area contributed by atoms with Gasteiger partial charge in [0.05, 0.1) is 17.0 Å². The van der Waals surface area contributed by atoms with Crippen molar-refractivity contribution in [2.24, 2.45) is 5.73 Å². The van der Waals surface area contributed by atoms with Gasteiger partial charge in [-0.2, -0.15) is 0 Å². The molecule has 2 aliphatic heterocycles. The van der Waals surface area contributed by atoms with Crippen molar-refractivity contribution in [1.82, 2.24) is 0 Å². The summed E-state index contributed by atoms with van der Waals surface area (Å²) in [5, 5.41) is 0. The van der Waals surface area contributed by atoms with Crippen LogP contribution in [0.5, 0.6) is 0 Å². The molecule has 2 aliphatic rings. The molecule has 0 radical (unpaired) electrons. The number of para-hydroxylation sites is 1. The molecule has 0 aromatic heterocycles. The number of anilines is 1. The summed E-state index contributed by atoms with van der Waals surface area (Å²) in [5.74, 6) is 0.509. The minimum atomic E-state index is -2.96. The number of nitrogens with zero attached hydrogens (tertiary/aromatic N) is 1. The number of benzene rings is 1. The average Bonchev–Trinajstić information content (AvgIpc) is 2.81. The number of nitrogens with two attached hydrogens (primary N) is 1. The van der Waals surface area contributed by atoms with E-state index in [4.69, 9.17) is 5.73 Å². The van der Waals surface area contributed by atoms with Gasteiger partial charge in [0.1, 0.15) is 0 Å². The van der Waals surface area contributed by atoms with Crippen LogP contribution in [0.3, 0.4) is 0 Å². The first-order chi connectivity index (χ1) is 9.06. The van der Waals surface area contributed by atoms with Crippen LogP contribution in [0.1, 0.15) is 18.4 Å². The van der Waals surface area contributed by atoms with Crippen LogP contribution in [-0.2, 0) is 16.3 Å². The van der Waals surface area contributed by atoms with Gasteiger partial charge < -0.3 is 10.6 Å². The van der Waals surface area contributed by atoms with Crippen molar-refractivity contribution >= 4 is 15.5 Å². The van der Waals surface area contributed by atoms with Crippen LogP contribution < -0.4 is 10.6 Å². The van der Waals surface area contributed by atoms with Crippen LogP contribution in [-0.4, -0.2) is 38.6 Å².